The van der Waals surface area contributed by atoms with Crippen molar-refractivity contribution in [2.75, 3.05) is 11.1 Å². The lowest BCUT2D eigenvalue weighted by Crippen LogP contribution is -2.01. The van der Waals surface area contributed by atoms with Gasteiger partial charge in [0.2, 0.25) is 5.95 Å². The second-order valence-electron chi connectivity index (χ2n) is 4.21. The lowest BCUT2D eigenvalue weighted by Gasteiger charge is -2.11. The summed E-state index contributed by atoms with van der Waals surface area (Å²) in [6.45, 7) is 2.13. The average molecular weight is 270 g/mol. The van der Waals surface area contributed by atoms with E-state index in [-0.39, 0.29) is 0 Å². The van der Waals surface area contributed by atoms with Crippen LogP contribution in [0.1, 0.15) is 12.5 Å². The highest BCUT2D eigenvalue weighted by atomic mass is 32.1. The van der Waals surface area contributed by atoms with E-state index in [2.05, 4.69) is 34.3 Å². The van der Waals surface area contributed by atoms with Crippen LogP contribution in [-0.2, 0) is 6.42 Å². The summed E-state index contributed by atoms with van der Waals surface area (Å²) in [5, 5.41) is 6.37. The number of rotatable bonds is 3. The van der Waals surface area contributed by atoms with Crippen LogP contribution in [-0.4, -0.2) is 9.97 Å². The predicted octanol–water partition coefficient (Wildman–Crippen LogP) is 3.58. The third kappa shape index (κ3) is 2.24. The molecule has 0 aliphatic carbocycles. The van der Waals surface area contributed by atoms with Gasteiger partial charge >= 0.3 is 0 Å². The van der Waals surface area contributed by atoms with E-state index in [0.717, 1.165) is 28.1 Å². The average Bonchev–Trinajstić information content (AvgIpc) is 2.87. The van der Waals surface area contributed by atoms with Crippen molar-refractivity contribution >= 4 is 39.0 Å². The molecule has 5 heteroatoms. The SMILES string of the molecule is CCc1ccccc1Nc1nc(N)nc2sccc12. The normalized spacial score (nSPS) is 10.8. The largest absolute Gasteiger partial charge is 0.368 e. The number of aromatic nitrogens is 2. The summed E-state index contributed by atoms with van der Waals surface area (Å²) >= 11 is 1.57. The summed E-state index contributed by atoms with van der Waals surface area (Å²) in [7, 11) is 0. The molecule has 3 rings (SSSR count). The van der Waals surface area contributed by atoms with E-state index in [1.807, 2.05) is 23.6 Å². The molecule has 0 radical (unpaired) electrons. The summed E-state index contributed by atoms with van der Waals surface area (Å²) in [6, 6.07) is 10.2. The Hall–Kier alpha value is -2.14. The van der Waals surface area contributed by atoms with Crippen molar-refractivity contribution in [1.29, 1.82) is 0 Å². The molecule has 1 aromatic carbocycles. The molecule has 4 nitrogen and oxygen atoms in total. The summed E-state index contributed by atoms with van der Waals surface area (Å²) in [5.74, 6) is 1.07. The van der Waals surface area contributed by atoms with Crippen LogP contribution in [0, 0.1) is 0 Å². The molecular formula is C14H14N4S. The van der Waals surface area contributed by atoms with E-state index in [0.29, 0.717) is 5.95 Å². The number of nitrogens with one attached hydrogen (secondary N) is 1. The van der Waals surface area contributed by atoms with Gasteiger partial charge in [-0.3, -0.25) is 0 Å². The monoisotopic (exact) mass is 270 g/mol. The third-order valence-electron chi connectivity index (χ3n) is 2.99. The Labute approximate surface area is 115 Å². The van der Waals surface area contributed by atoms with Gasteiger partial charge in [-0.1, -0.05) is 25.1 Å². The molecule has 2 heterocycles. The number of benzene rings is 1. The molecule has 3 N–H and O–H groups in total. The lowest BCUT2D eigenvalue weighted by molar-refractivity contribution is 1.14. The van der Waals surface area contributed by atoms with Crippen LogP contribution in [0.2, 0.25) is 0 Å². The first-order valence-electron chi connectivity index (χ1n) is 6.13. The smallest absolute Gasteiger partial charge is 0.223 e. The molecule has 0 unspecified atom stereocenters. The van der Waals surface area contributed by atoms with Gasteiger partial charge in [0, 0.05) is 5.69 Å². The van der Waals surface area contributed by atoms with Crippen molar-refractivity contribution in [1.82, 2.24) is 9.97 Å². The minimum absolute atomic E-state index is 0.298. The Morgan fingerprint density at radius 1 is 1.21 bits per heavy atom. The number of fused-ring (bicyclic) bond motifs is 1. The van der Waals surface area contributed by atoms with Crippen LogP contribution < -0.4 is 11.1 Å². The summed E-state index contributed by atoms with van der Waals surface area (Å²) in [5.41, 5.74) is 8.07. The Balaban J connectivity index is 2.07. The first-order valence-corrected chi connectivity index (χ1v) is 7.01. The molecule has 0 aliphatic rings. The highest BCUT2D eigenvalue weighted by Crippen LogP contribution is 2.29. The van der Waals surface area contributed by atoms with Gasteiger partial charge in [0.05, 0.1) is 5.39 Å². The molecular weight excluding hydrogens is 256 g/mol. The molecule has 19 heavy (non-hydrogen) atoms. The summed E-state index contributed by atoms with van der Waals surface area (Å²) in [6.07, 6.45) is 0.969. The first kappa shape index (κ1) is 11.9. The number of hydrogen-bond donors (Lipinski definition) is 2. The fourth-order valence-electron chi connectivity index (χ4n) is 2.05. The van der Waals surface area contributed by atoms with Crippen LogP contribution in [0.25, 0.3) is 10.2 Å². The van der Waals surface area contributed by atoms with Crippen LogP contribution in [0.15, 0.2) is 35.7 Å². The van der Waals surface area contributed by atoms with E-state index in [9.17, 15) is 0 Å². The number of hydrogen-bond acceptors (Lipinski definition) is 5. The number of nitrogens with zero attached hydrogens (tertiary/aromatic N) is 2. The van der Waals surface area contributed by atoms with E-state index in [4.69, 9.17) is 5.73 Å². The van der Waals surface area contributed by atoms with E-state index < -0.39 is 0 Å². The number of anilines is 3. The Bertz CT molecular complexity index is 720. The number of aryl methyl sites for hydroxylation is 1. The molecule has 0 aliphatic heterocycles. The fourth-order valence-corrected chi connectivity index (χ4v) is 2.82. The predicted molar refractivity (Wildman–Crippen MR) is 80.9 cm³/mol. The standard InChI is InChI=1S/C14H14N4S/c1-2-9-5-3-4-6-11(9)16-12-10-7-8-19-13(10)18-14(15)17-12/h3-8H,2H2,1H3,(H3,15,16,17,18). The lowest BCUT2D eigenvalue weighted by atomic mass is 10.1. The van der Waals surface area contributed by atoms with E-state index in [1.54, 1.807) is 11.3 Å². The van der Waals surface area contributed by atoms with Crippen LogP contribution >= 0.6 is 11.3 Å². The number of nitrogens with two attached hydrogens (primary N) is 1. The van der Waals surface area contributed by atoms with Gasteiger partial charge < -0.3 is 11.1 Å². The molecule has 2 aromatic heterocycles. The van der Waals surface area contributed by atoms with E-state index in [1.165, 1.54) is 5.56 Å². The van der Waals surface area contributed by atoms with Gasteiger partial charge in [-0.25, -0.2) is 4.98 Å². The molecule has 0 saturated heterocycles. The van der Waals surface area contributed by atoms with Crippen molar-refractivity contribution in [3.8, 4) is 0 Å². The summed E-state index contributed by atoms with van der Waals surface area (Å²) in [4.78, 5) is 9.44. The Morgan fingerprint density at radius 2 is 2.05 bits per heavy atom. The van der Waals surface area contributed by atoms with Gasteiger partial charge in [0.25, 0.3) is 0 Å². The van der Waals surface area contributed by atoms with Gasteiger partial charge in [-0.05, 0) is 29.5 Å². The molecule has 96 valence electrons. The topological polar surface area (TPSA) is 63.8 Å². The van der Waals surface area contributed by atoms with Crippen molar-refractivity contribution in [3.63, 3.8) is 0 Å². The van der Waals surface area contributed by atoms with Crippen LogP contribution in [0.4, 0.5) is 17.5 Å². The maximum Gasteiger partial charge on any atom is 0.223 e. The van der Waals surface area contributed by atoms with Crippen molar-refractivity contribution in [3.05, 3.63) is 41.3 Å². The highest BCUT2D eigenvalue weighted by molar-refractivity contribution is 7.16. The van der Waals surface area contributed by atoms with E-state index >= 15 is 0 Å². The highest BCUT2D eigenvalue weighted by Gasteiger charge is 2.08. The molecule has 0 spiro atoms. The third-order valence-corrected chi connectivity index (χ3v) is 3.80. The minimum Gasteiger partial charge on any atom is -0.368 e. The van der Waals surface area contributed by atoms with Crippen LogP contribution in [0.3, 0.4) is 0 Å². The molecule has 0 amide bonds. The molecule has 3 aromatic rings. The fraction of sp³-hybridized carbons (Fsp3) is 0.143. The maximum atomic E-state index is 5.75. The minimum atomic E-state index is 0.298. The van der Waals surface area contributed by atoms with Gasteiger partial charge in [0.15, 0.2) is 0 Å². The molecule has 0 fully saturated rings. The molecule has 0 saturated carbocycles. The zero-order chi connectivity index (χ0) is 13.2. The number of nitrogen functional groups attached to an aromatic ring is 1. The van der Waals surface area contributed by atoms with Gasteiger partial charge in [0.1, 0.15) is 10.6 Å². The Morgan fingerprint density at radius 3 is 2.89 bits per heavy atom. The first-order chi connectivity index (χ1) is 9.28. The zero-order valence-electron chi connectivity index (χ0n) is 10.6. The quantitative estimate of drug-likeness (QED) is 0.763. The van der Waals surface area contributed by atoms with Crippen molar-refractivity contribution in [2.24, 2.45) is 0 Å². The van der Waals surface area contributed by atoms with Crippen LogP contribution in [0.5, 0.6) is 0 Å². The van der Waals surface area contributed by atoms with Crippen molar-refractivity contribution < 1.29 is 0 Å². The zero-order valence-corrected chi connectivity index (χ0v) is 11.4. The molecule has 0 atom stereocenters. The van der Waals surface area contributed by atoms with Gasteiger partial charge in [-0.2, -0.15) is 4.98 Å². The van der Waals surface area contributed by atoms with Crippen molar-refractivity contribution in [2.45, 2.75) is 13.3 Å². The Kier molecular flexibility index (Phi) is 3.05. The maximum absolute atomic E-state index is 5.75. The molecule has 0 bridgehead atoms. The second kappa shape index (κ2) is 4.85. The van der Waals surface area contributed by atoms with Gasteiger partial charge in [-0.15, -0.1) is 11.3 Å². The number of para-hydroxylation sites is 1. The summed E-state index contributed by atoms with van der Waals surface area (Å²) < 4.78 is 0. The second-order valence-corrected chi connectivity index (χ2v) is 5.10. The number of thiophene rings is 1.